The van der Waals surface area contributed by atoms with Crippen molar-refractivity contribution < 1.29 is 13.2 Å². The van der Waals surface area contributed by atoms with Crippen molar-refractivity contribution in [1.29, 1.82) is 5.26 Å². The molecule has 7 nitrogen and oxygen atoms in total. The van der Waals surface area contributed by atoms with Gasteiger partial charge in [0, 0.05) is 7.05 Å². The number of rotatable bonds is 6. The lowest BCUT2D eigenvalue weighted by Gasteiger charge is -2.08. The van der Waals surface area contributed by atoms with Gasteiger partial charge in [-0.15, -0.1) is 0 Å². The second kappa shape index (κ2) is 7.89. The zero-order valence-electron chi connectivity index (χ0n) is 16.1. The average Bonchev–Trinajstić information content (AvgIpc) is 3.07. The molecule has 0 spiro atoms. The standard InChI is InChI=1S/C22H18N4O3S/c1-26-21-11-10-17(25-30(27,28)19-8-3-2-4-9-19)13-20(21)24-22(26)15-29-18-7-5-6-16(12-18)14-23/h2-13,25H,15H2,1H3. The predicted octanol–water partition coefficient (Wildman–Crippen LogP) is 3.82. The van der Waals surface area contributed by atoms with Crippen LogP contribution in [0.2, 0.25) is 0 Å². The minimum atomic E-state index is -3.67. The van der Waals surface area contributed by atoms with Gasteiger partial charge < -0.3 is 9.30 Å². The third kappa shape index (κ3) is 3.97. The van der Waals surface area contributed by atoms with Gasteiger partial charge in [0.15, 0.2) is 0 Å². The third-order valence-electron chi connectivity index (χ3n) is 4.61. The lowest BCUT2D eigenvalue weighted by atomic mass is 10.2. The number of nitriles is 1. The summed E-state index contributed by atoms with van der Waals surface area (Å²) in [5.74, 6) is 1.26. The molecule has 0 unspecified atom stereocenters. The number of benzene rings is 3. The van der Waals surface area contributed by atoms with Crippen molar-refractivity contribution in [1.82, 2.24) is 9.55 Å². The van der Waals surface area contributed by atoms with Crippen LogP contribution in [0.5, 0.6) is 5.75 Å². The predicted molar refractivity (Wildman–Crippen MR) is 113 cm³/mol. The highest BCUT2D eigenvalue weighted by molar-refractivity contribution is 7.92. The Bertz CT molecular complexity index is 1360. The monoisotopic (exact) mass is 418 g/mol. The Hall–Kier alpha value is -3.83. The van der Waals surface area contributed by atoms with Gasteiger partial charge in [-0.3, -0.25) is 4.72 Å². The van der Waals surface area contributed by atoms with Crippen LogP contribution >= 0.6 is 0 Å². The Kier molecular flexibility index (Phi) is 5.12. The fourth-order valence-corrected chi connectivity index (χ4v) is 4.13. The Balaban J connectivity index is 1.56. The summed E-state index contributed by atoms with van der Waals surface area (Å²) in [7, 11) is -1.81. The minimum absolute atomic E-state index is 0.194. The summed E-state index contributed by atoms with van der Waals surface area (Å²) in [6.07, 6.45) is 0. The number of aromatic nitrogens is 2. The van der Waals surface area contributed by atoms with Crippen molar-refractivity contribution in [3.05, 3.63) is 84.2 Å². The summed E-state index contributed by atoms with van der Waals surface area (Å²) < 4.78 is 35.3. The second-order valence-corrected chi connectivity index (χ2v) is 8.32. The minimum Gasteiger partial charge on any atom is -0.486 e. The Labute approximate surface area is 174 Å². The van der Waals surface area contributed by atoms with Crippen molar-refractivity contribution in [2.24, 2.45) is 7.05 Å². The molecule has 0 amide bonds. The van der Waals surface area contributed by atoms with E-state index in [0.717, 1.165) is 5.52 Å². The summed E-state index contributed by atoms with van der Waals surface area (Å²) in [6, 6.07) is 22.4. The van der Waals surface area contributed by atoms with Crippen LogP contribution in [0.15, 0.2) is 77.7 Å². The maximum atomic E-state index is 12.5. The molecule has 3 aromatic carbocycles. The summed E-state index contributed by atoms with van der Waals surface area (Å²) in [6.45, 7) is 0.213. The molecular formula is C22H18N4O3S. The molecule has 0 bridgehead atoms. The first kappa shape index (κ1) is 19.5. The number of hydrogen-bond acceptors (Lipinski definition) is 5. The van der Waals surface area contributed by atoms with E-state index < -0.39 is 10.0 Å². The molecule has 0 radical (unpaired) electrons. The van der Waals surface area contributed by atoms with Crippen LogP contribution in [0.1, 0.15) is 11.4 Å². The van der Waals surface area contributed by atoms with Gasteiger partial charge in [-0.2, -0.15) is 5.26 Å². The first-order valence-corrected chi connectivity index (χ1v) is 10.6. The highest BCUT2D eigenvalue weighted by Crippen LogP contribution is 2.23. The molecule has 1 aromatic heterocycles. The molecule has 30 heavy (non-hydrogen) atoms. The lowest BCUT2D eigenvalue weighted by molar-refractivity contribution is 0.292. The number of aryl methyl sites for hydroxylation is 1. The number of anilines is 1. The number of nitrogens with one attached hydrogen (secondary N) is 1. The Morgan fingerprint density at radius 3 is 2.63 bits per heavy atom. The molecule has 8 heteroatoms. The smallest absolute Gasteiger partial charge is 0.261 e. The lowest BCUT2D eigenvalue weighted by Crippen LogP contribution is -2.12. The van der Waals surface area contributed by atoms with Crippen LogP contribution in [-0.4, -0.2) is 18.0 Å². The molecule has 0 aliphatic carbocycles. The quantitative estimate of drug-likeness (QED) is 0.513. The van der Waals surface area contributed by atoms with Gasteiger partial charge in [0.25, 0.3) is 10.0 Å². The first-order valence-electron chi connectivity index (χ1n) is 9.12. The van der Waals surface area contributed by atoms with Gasteiger partial charge in [-0.05, 0) is 48.5 Å². The fraction of sp³-hybridized carbons (Fsp3) is 0.0909. The van der Waals surface area contributed by atoms with E-state index in [2.05, 4.69) is 15.8 Å². The summed E-state index contributed by atoms with van der Waals surface area (Å²) in [5.41, 5.74) is 2.45. The zero-order chi connectivity index (χ0) is 21.1. The van der Waals surface area contributed by atoms with Crippen LogP contribution in [-0.2, 0) is 23.7 Å². The van der Waals surface area contributed by atoms with Gasteiger partial charge in [0.2, 0.25) is 0 Å². The van der Waals surface area contributed by atoms with Crippen molar-refractivity contribution in [2.75, 3.05) is 4.72 Å². The van der Waals surface area contributed by atoms with Gasteiger partial charge in [0.1, 0.15) is 18.2 Å². The summed E-state index contributed by atoms with van der Waals surface area (Å²) >= 11 is 0. The first-order chi connectivity index (χ1) is 14.5. The molecule has 0 atom stereocenters. The van der Waals surface area contributed by atoms with Gasteiger partial charge >= 0.3 is 0 Å². The third-order valence-corrected chi connectivity index (χ3v) is 6.01. The van der Waals surface area contributed by atoms with E-state index in [9.17, 15) is 8.42 Å². The van der Waals surface area contributed by atoms with Crippen molar-refractivity contribution in [3.63, 3.8) is 0 Å². The largest absolute Gasteiger partial charge is 0.486 e. The summed E-state index contributed by atoms with van der Waals surface area (Å²) in [5, 5.41) is 9.00. The van der Waals surface area contributed by atoms with E-state index in [0.29, 0.717) is 28.3 Å². The number of nitrogens with zero attached hydrogens (tertiary/aromatic N) is 3. The molecule has 0 fully saturated rings. The molecule has 4 aromatic rings. The Morgan fingerprint density at radius 2 is 1.87 bits per heavy atom. The molecule has 0 saturated heterocycles. The average molecular weight is 418 g/mol. The van der Waals surface area contributed by atoms with E-state index in [1.54, 1.807) is 66.7 Å². The summed E-state index contributed by atoms with van der Waals surface area (Å²) in [4.78, 5) is 4.77. The van der Waals surface area contributed by atoms with E-state index in [1.165, 1.54) is 0 Å². The van der Waals surface area contributed by atoms with Gasteiger partial charge in [-0.25, -0.2) is 13.4 Å². The molecule has 1 heterocycles. The van der Waals surface area contributed by atoms with Gasteiger partial charge in [0.05, 0.1) is 33.2 Å². The highest BCUT2D eigenvalue weighted by atomic mass is 32.2. The number of fused-ring (bicyclic) bond motifs is 1. The number of ether oxygens (including phenoxy) is 1. The van der Waals surface area contributed by atoms with Crippen molar-refractivity contribution >= 4 is 26.7 Å². The van der Waals surface area contributed by atoms with Crippen molar-refractivity contribution in [3.8, 4) is 11.8 Å². The zero-order valence-corrected chi connectivity index (χ0v) is 16.9. The molecule has 150 valence electrons. The van der Waals surface area contributed by atoms with Crippen LogP contribution in [0.3, 0.4) is 0 Å². The number of sulfonamides is 1. The topological polar surface area (TPSA) is 97.0 Å². The molecule has 1 N–H and O–H groups in total. The Morgan fingerprint density at radius 1 is 1.07 bits per heavy atom. The number of imidazole rings is 1. The second-order valence-electron chi connectivity index (χ2n) is 6.64. The van der Waals surface area contributed by atoms with E-state index in [-0.39, 0.29) is 11.5 Å². The van der Waals surface area contributed by atoms with Crippen LogP contribution < -0.4 is 9.46 Å². The van der Waals surface area contributed by atoms with Crippen molar-refractivity contribution in [2.45, 2.75) is 11.5 Å². The molecule has 4 rings (SSSR count). The normalized spacial score (nSPS) is 11.2. The molecule has 0 aliphatic rings. The fourth-order valence-electron chi connectivity index (χ4n) is 3.06. The van der Waals surface area contributed by atoms with E-state index in [1.807, 2.05) is 17.7 Å². The highest BCUT2D eigenvalue weighted by Gasteiger charge is 2.15. The molecular weight excluding hydrogens is 400 g/mol. The molecule has 0 saturated carbocycles. The maximum Gasteiger partial charge on any atom is 0.261 e. The van der Waals surface area contributed by atoms with Gasteiger partial charge in [-0.1, -0.05) is 24.3 Å². The SMILES string of the molecule is Cn1c(COc2cccc(C#N)c2)nc2cc(NS(=O)(=O)c3ccccc3)ccc21. The van der Waals surface area contributed by atoms with Crippen LogP contribution in [0.4, 0.5) is 5.69 Å². The molecule has 0 aliphatic heterocycles. The van der Waals surface area contributed by atoms with Crippen LogP contribution in [0, 0.1) is 11.3 Å². The van der Waals surface area contributed by atoms with Crippen LogP contribution in [0.25, 0.3) is 11.0 Å². The number of hydrogen-bond donors (Lipinski definition) is 1. The maximum absolute atomic E-state index is 12.5. The van der Waals surface area contributed by atoms with E-state index >= 15 is 0 Å². The van der Waals surface area contributed by atoms with E-state index in [4.69, 9.17) is 10.00 Å².